The first-order chi connectivity index (χ1) is 7.05. The Morgan fingerprint density at radius 1 is 1.67 bits per heavy atom. The predicted molar refractivity (Wildman–Crippen MR) is 62.4 cm³/mol. The Balaban J connectivity index is 2.68. The Kier molecular flexibility index (Phi) is 3.86. The van der Waals surface area contributed by atoms with Crippen LogP contribution in [0.3, 0.4) is 0 Å². The van der Waals surface area contributed by atoms with Crippen LogP contribution in [0, 0.1) is 0 Å². The maximum absolute atomic E-state index is 10.1. The molecular formula is C12H18N2O. The third kappa shape index (κ3) is 3.72. The Hall–Kier alpha value is -1.35. The molecule has 1 atom stereocenters. The summed E-state index contributed by atoms with van der Waals surface area (Å²) in [5.74, 6) is 0. The molecule has 0 spiro atoms. The third-order valence-corrected chi connectivity index (χ3v) is 2.40. The van der Waals surface area contributed by atoms with Crippen molar-refractivity contribution in [3.05, 3.63) is 36.7 Å². The van der Waals surface area contributed by atoms with E-state index in [-0.39, 0.29) is 0 Å². The molecule has 1 aromatic heterocycles. The molecule has 82 valence electrons. The molecule has 0 aliphatic heterocycles. The molecule has 1 heterocycles. The van der Waals surface area contributed by atoms with E-state index in [0.29, 0.717) is 18.5 Å². The summed E-state index contributed by atoms with van der Waals surface area (Å²) in [7, 11) is 0. The lowest BCUT2D eigenvalue weighted by atomic mass is 9.92. The van der Waals surface area contributed by atoms with Crippen LogP contribution in [0.5, 0.6) is 0 Å². The first kappa shape index (κ1) is 11.7. The number of aliphatic hydroxyl groups is 1. The Labute approximate surface area is 90.7 Å². The van der Waals surface area contributed by atoms with Crippen LogP contribution in [0.25, 0.3) is 0 Å². The summed E-state index contributed by atoms with van der Waals surface area (Å²) in [5, 5.41) is 10.1. The van der Waals surface area contributed by atoms with Gasteiger partial charge in [-0.15, -0.1) is 6.58 Å². The van der Waals surface area contributed by atoms with Crippen molar-refractivity contribution < 1.29 is 5.11 Å². The van der Waals surface area contributed by atoms with Crippen molar-refractivity contribution in [2.24, 2.45) is 0 Å². The fourth-order valence-electron chi connectivity index (χ4n) is 1.50. The highest BCUT2D eigenvalue weighted by atomic mass is 16.3. The molecule has 1 rings (SSSR count). The summed E-state index contributed by atoms with van der Waals surface area (Å²) in [5.41, 5.74) is 6.62. The van der Waals surface area contributed by atoms with Crippen LogP contribution in [0.1, 0.15) is 25.3 Å². The van der Waals surface area contributed by atoms with Crippen LogP contribution in [0.2, 0.25) is 0 Å². The van der Waals surface area contributed by atoms with Crippen LogP contribution in [-0.4, -0.2) is 15.7 Å². The van der Waals surface area contributed by atoms with Crippen molar-refractivity contribution in [3.8, 4) is 0 Å². The zero-order valence-electron chi connectivity index (χ0n) is 9.11. The van der Waals surface area contributed by atoms with Gasteiger partial charge in [0.05, 0.1) is 5.60 Å². The van der Waals surface area contributed by atoms with Gasteiger partial charge in [0.1, 0.15) is 0 Å². The predicted octanol–water partition coefficient (Wildman–Crippen LogP) is 1.92. The Morgan fingerprint density at radius 2 is 2.40 bits per heavy atom. The van der Waals surface area contributed by atoms with Gasteiger partial charge >= 0.3 is 0 Å². The summed E-state index contributed by atoms with van der Waals surface area (Å²) in [4.78, 5) is 4.00. The quantitative estimate of drug-likeness (QED) is 0.724. The van der Waals surface area contributed by atoms with E-state index in [1.807, 2.05) is 6.92 Å². The van der Waals surface area contributed by atoms with Crippen LogP contribution < -0.4 is 5.73 Å². The molecule has 0 bridgehead atoms. The molecule has 0 aliphatic rings. The average molecular weight is 206 g/mol. The lowest BCUT2D eigenvalue weighted by molar-refractivity contribution is 0.0524. The van der Waals surface area contributed by atoms with Crippen LogP contribution >= 0.6 is 0 Å². The van der Waals surface area contributed by atoms with E-state index in [9.17, 15) is 5.11 Å². The molecule has 0 aliphatic carbocycles. The minimum Gasteiger partial charge on any atom is -0.398 e. The second-order valence-electron chi connectivity index (χ2n) is 4.08. The lowest BCUT2D eigenvalue weighted by Crippen LogP contribution is -2.27. The van der Waals surface area contributed by atoms with Crippen molar-refractivity contribution in [1.29, 1.82) is 0 Å². The van der Waals surface area contributed by atoms with Gasteiger partial charge in [-0.05, 0) is 31.4 Å². The maximum Gasteiger partial charge on any atom is 0.0664 e. The molecule has 1 aromatic rings. The minimum atomic E-state index is -0.745. The number of rotatable bonds is 5. The largest absolute Gasteiger partial charge is 0.398 e. The number of hydrogen-bond donors (Lipinski definition) is 2. The van der Waals surface area contributed by atoms with Gasteiger partial charge in [0, 0.05) is 24.5 Å². The molecule has 0 saturated heterocycles. The maximum atomic E-state index is 10.1. The standard InChI is InChI=1S/C12H18N2O/c1-3-4-6-12(2,15)8-10-9-14-7-5-11(10)13/h3,5,7,9,15H,1,4,6,8H2,2H3,(H2,13,14). The van der Waals surface area contributed by atoms with E-state index >= 15 is 0 Å². The van der Waals surface area contributed by atoms with Gasteiger partial charge in [-0.3, -0.25) is 4.98 Å². The molecule has 0 radical (unpaired) electrons. The zero-order valence-corrected chi connectivity index (χ0v) is 9.11. The summed E-state index contributed by atoms with van der Waals surface area (Å²) < 4.78 is 0. The molecule has 0 saturated carbocycles. The summed E-state index contributed by atoms with van der Waals surface area (Å²) in [6.45, 7) is 5.45. The number of anilines is 1. The Morgan fingerprint density at radius 3 is 3.00 bits per heavy atom. The van der Waals surface area contributed by atoms with Gasteiger partial charge in [0.2, 0.25) is 0 Å². The van der Waals surface area contributed by atoms with Gasteiger partial charge in [-0.2, -0.15) is 0 Å². The third-order valence-electron chi connectivity index (χ3n) is 2.40. The van der Waals surface area contributed by atoms with Gasteiger partial charge in [0.25, 0.3) is 0 Å². The zero-order chi connectivity index (χ0) is 11.3. The fourth-order valence-corrected chi connectivity index (χ4v) is 1.50. The normalized spacial score (nSPS) is 14.5. The molecule has 1 unspecified atom stereocenters. The van der Waals surface area contributed by atoms with Crippen LogP contribution in [0.4, 0.5) is 5.69 Å². The van der Waals surface area contributed by atoms with Gasteiger partial charge < -0.3 is 10.8 Å². The number of aromatic nitrogens is 1. The number of pyridine rings is 1. The van der Waals surface area contributed by atoms with Gasteiger partial charge in [0.15, 0.2) is 0 Å². The van der Waals surface area contributed by atoms with Crippen molar-refractivity contribution in [2.75, 3.05) is 5.73 Å². The molecule has 15 heavy (non-hydrogen) atoms. The highest BCUT2D eigenvalue weighted by Crippen LogP contribution is 2.21. The molecule has 0 aromatic carbocycles. The molecule has 3 nitrogen and oxygen atoms in total. The van der Waals surface area contributed by atoms with E-state index in [0.717, 1.165) is 12.0 Å². The molecule has 3 N–H and O–H groups in total. The highest BCUT2D eigenvalue weighted by molar-refractivity contribution is 5.44. The number of nitrogens with zero attached hydrogens (tertiary/aromatic N) is 1. The topological polar surface area (TPSA) is 59.1 Å². The molecular weight excluding hydrogens is 188 g/mol. The first-order valence-electron chi connectivity index (χ1n) is 5.07. The molecule has 0 amide bonds. The SMILES string of the molecule is C=CCCC(C)(O)Cc1cnccc1N. The van der Waals surface area contributed by atoms with E-state index in [1.54, 1.807) is 24.5 Å². The number of hydrogen-bond acceptors (Lipinski definition) is 3. The van der Waals surface area contributed by atoms with Crippen LogP contribution in [-0.2, 0) is 6.42 Å². The highest BCUT2D eigenvalue weighted by Gasteiger charge is 2.20. The number of nitrogen functional groups attached to an aromatic ring is 1. The number of allylic oxidation sites excluding steroid dienone is 1. The number of nitrogens with two attached hydrogens (primary N) is 1. The summed E-state index contributed by atoms with van der Waals surface area (Å²) in [6.07, 6.45) is 7.18. The Bertz CT molecular complexity index is 334. The van der Waals surface area contributed by atoms with Crippen molar-refractivity contribution in [1.82, 2.24) is 4.98 Å². The smallest absolute Gasteiger partial charge is 0.0664 e. The van der Waals surface area contributed by atoms with Crippen molar-refractivity contribution in [3.63, 3.8) is 0 Å². The van der Waals surface area contributed by atoms with Crippen molar-refractivity contribution in [2.45, 2.75) is 31.8 Å². The minimum absolute atomic E-state index is 0.528. The summed E-state index contributed by atoms with van der Waals surface area (Å²) in [6, 6.07) is 1.75. The van der Waals surface area contributed by atoms with E-state index in [1.165, 1.54) is 0 Å². The second kappa shape index (κ2) is 4.94. The molecule has 0 fully saturated rings. The molecule has 3 heteroatoms. The monoisotopic (exact) mass is 206 g/mol. The fraction of sp³-hybridized carbons (Fsp3) is 0.417. The van der Waals surface area contributed by atoms with Gasteiger partial charge in [-0.25, -0.2) is 0 Å². The van der Waals surface area contributed by atoms with Gasteiger partial charge in [-0.1, -0.05) is 6.08 Å². The average Bonchev–Trinajstić information content (AvgIpc) is 2.18. The van der Waals surface area contributed by atoms with E-state index in [4.69, 9.17) is 5.73 Å². The summed E-state index contributed by atoms with van der Waals surface area (Å²) >= 11 is 0. The second-order valence-corrected chi connectivity index (χ2v) is 4.08. The van der Waals surface area contributed by atoms with Crippen LogP contribution in [0.15, 0.2) is 31.1 Å². The van der Waals surface area contributed by atoms with Crippen molar-refractivity contribution >= 4 is 5.69 Å². The van der Waals surface area contributed by atoms with E-state index in [2.05, 4.69) is 11.6 Å². The van der Waals surface area contributed by atoms with E-state index < -0.39 is 5.60 Å². The lowest BCUT2D eigenvalue weighted by Gasteiger charge is -2.23. The first-order valence-corrected chi connectivity index (χ1v) is 5.07.